The molecule has 1 atom stereocenters. The van der Waals surface area contributed by atoms with Crippen LogP contribution in [0.1, 0.15) is 62.1 Å². The minimum Gasteiger partial charge on any atom is -0.352 e. The molecule has 0 unspecified atom stereocenters. The van der Waals surface area contributed by atoms with Crippen LogP contribution in [0.15, 0.2) is 42.5 Å². The monoisotopic (exact) mass is 547 g/mol. The molecule has 0 bridgehead atoms. The van der Waals surface area contributed by atoms with E-state index in [-0.39, 0.29) is 18.5 Å². The third-order valence-electron chi connectivity index (χ3n) is 6.93. The maximum atomic E-state index is 13.8. The maximum absolute atomic E-state index is 13.8. The number of nitrogens with one attached hydrogen (secondary N) is 1. The Bertz CT molecular complexity index is 1190. The molecule has 3 rings (SSSR count). The zero-order chi connectivity index (χ0) is 27.2. The van der Waals surface area contributed by atoms with E-state index in [0.717, 1.165) is 52.9 Å². The highest BCUT2D eigenvalue weighted by Crippen LogP contribution is 2.26. The topological polar surface area (TPSA) is 86.8 Å². The van der Waals surface area contributed by atoms with Crippen LogP contribution in [0.3, 0.4) is 0 Å². The van der Waals surface area contributed by atoms with Crippen LogP contribution < -0.4 is 9.62 Å². The molecule has 2 aromatic rings. The number of sulfonamides is 1. The maximum Gasteiger partial charge on any atom is 0.244 e. The van der Waals surface area contributed by atoms with Crippen molar-refractivity contribution in [1.82, 2.24) is 10.2 Å². The van der Waals surface area contributed by atoms with Gasteiger partial charge in [-0.15, -0.1) is 0 Å². The van der Waals surface area contributed by atoms with Crippen LogP contribution in [-0.4, -0.2) is 50.0 Å². The van der Waals surface area contributed by atoms with Crippen molar-refractivity contribution in [1.29, 1.82) is 0 Å². The summed E-state index contributed by atoms with van der Waals surface area (Å²) in [6.07, 6.45) is 6.67. The number of aryl methyl sites for hydroxylation is 2. The molecular weight excluding hydrogens is 510 g/mol. The zero-order valence-electron chi connectivity index (χ0n) is 22.2. The standard InChI is InChI=1S/C28H38ClN3O4S/c1-5-26(28(34)30-23-9-7-6-8-10-23)31(18-22-14-11-20(2)12-15-22)27(33)19-32(37(4,35)36)24-16-13-21(3)25(29)17-24/h11-17,23,26H,5-10,18-19H2,1-4H3,(H,30,34)/t26-/m1/s1. The average molecular weight is 548 g/mol. The number of halogens is 1. The Morgan fingerprint density at radius 3 is 2.27 bits per heavy atom. The number of amides is 2. The van der Waals surface area contributed by atoms with Gasteiger partial charge in [0.05, 0.1) is 11.9 Å². The molecule has 37 heavy (non-hydrogen) atoms. The van der Waals surface area contributed by atoms with Crippen molar-refractivity contribution in [3.05, 3.63) is 64.2 Å². The van der Waals surface area contributed by atoms with E-state index in [1.165, 1.54) is 11.3 Å². The molecule has 202 valence electrons. The molecule has 1 saturated carbocycles. The molecule has 2 aromatic carbocycles. The summed E-state index contributed by atoms with van der Waals surface area (Å²) in [5.74, 6) is -0.646. The van der Waals surface area contributed by atoms with E-state index < -0.39 is 28.5 Å². The number of nitrogens with zero attached hydrogens (tertiary/aromatic N) is 2. The molecule has 0 heterocycles. The van der Waals surface area contributed by atoms with Gasteiger partial charge < -0.3 is 10.2 Å². The van der Waals surface area contributed by atoms with Crippen LogP contribution >= 0.6 is 11.6 Å². The van der Waals surface area contributed by atoms with Gasteiger partial charge in [0.15, 0.2) is 0 Å². The summed E-state index contributed by atoms with van der Waals surface area (Å²) in [4.78, 5) is 28.7. The zero-order valence-corrected chi connectivity index (χ0v) is 23.7. The van der Waals surface area contributed by atoms with Crippen LogP contribution in [0.25, 0.3) is 0 Å². The summed E-state index contributed by atoms with van der Waals surface area (Å²) in [5.41, 5.74) is 3.06. The van der Waals surface area contributed by atoms with Crippen LogP contribution in [0, 0.1) is 13.8 Å². The molecule has 9 heteroatoms. The number of anilines is 1. The Morgan fingerprint density at radius 2 is 1.70 bits per heavy atom. The summed E-state index contributed by atoms with van der Waals surface area (Å²) >= 11 is 6.26. The quantitative estimate of drug-likeness (QED) is 0.454. The first-order valence-corrected chi connectivity index (χ1v) is 15.1. The SMILES string of the molecule is CC[C@H](C(=O)NC1CCCCC1)N(Cc1ccc(C)cc1)C(=O)CN(c1ccc(C)c(Cl)c1)S(C)(=O)=O. The summed E-state index contributed by atoms with van der Waals surface area (Å²) in [7, 11) is -3.80. The lowest BCUT2D eigenvalue weighted by Gasteiger charge is -2.34. The number of carbonyl (C=O) groups excluding carboxylic acids is 2. The van der Waals surface area contributed by atoms with Crippen molar-refractivity contribution >= 4 is 39.1 Å². The van der Waals surface area contributed by atoms with Crippen molar-refractivity contribution in [2.45, 2.75) is 77.9 Å². The summed E-state index contributed by atoms with van der Waals surface area (Å²) < 4.78 is 26.6. The predicted octanol–water partition coefficient (Wildman–Crippen LogP) is 4.98. The highest BCUT2D eigenvalue weighted by atomic mass is 35.5. The van der Waals surface area contributed by atoms with E-state index in [2.05, 4.69) is 5.32 Å². The third kappa shape index (κ3) is 7.95. The highest BCUT2D eigenvalue weighted by Gasteiger charge is 2.33. The number of benzene rings is 2. The Morgan fingerprint density at radius 1 is 1.05 bits per heavy atom. The average Bonchev–Trinajstić information content (AvgIpc) is 2.85. The minimum atomic E-state index is -3.80. The Hall–Kier alpha value is -2.58. The molecule has 2 amide bonds. The molecule has 1 fully saturated rings. The van der Waals surface area contributed by atoms with Crippen LogP contribution in [0.5, 0.6) is 0 Å². The van der Waals surface area contributed by atoms with E-state index in [4.69, 9.17) is 11.6 Å². The van der Waals surface area contributed by atoms with E-state index in [0.29, 0.717) is 17.1 Å². The molecule has 0 spiro atoms. The first kappa shape index (κ1) is 29.0. The van der Waals surface area contributed by atoms with E-state index in [1.54, 1.807) is 18.2 Å². The van der Waals surface area contributed by atoms with E-state index in [1.807, 2.05) is 45.0 Å². The first-order valence-electron chi connectivity index (χ1n) is 12.9. The van der Waals surface area contributed by atoms with Gasteiger partial charge in [0.2, 0.25) is 21.8 Å². The third-order valence-corrected chi connectivity index (χ3v) is 8.48. The van der Waals surface area contributed by atoms with E-state index >= 15 is 0 Å². The minimum absolute atomic E-state index is 0.105. The normalized spacial score (nSPS) is 15.2. The smallest absolute Gasteiger partial charge is 0.244 e. The first-order chi connectivity index (χ1) is 17.5. The second-order valence-corrected chi connectivity index (χ2v) is 12.3. The van der Waals surface area contributed by atoms with Gasteiger partial charge in [0.25, 0.3) is 0 Å². The summed E-state index contributed by atoms with van der Waals surface area (Å²) in [6, 6.07) is 12.0. The van der Waals surface area contributed by atoms with Crippen molar-refractivity contribution < 1.29 is 18.0 Å². The van der Waals surface area contributed by atoms with Crippen molar-refractivity contribution in [2.75, 3.05) is 17.1 Å². The lowest BCUT2D eigenvalue weighted by Crippen LogP contribution is -2.53. The fourth-order valence-electron chi connectivity index (χ4n) is 4.70. The predicted molar refractivity (Wildman–Crippen MR) is 149 cm³/mol. The van der Waals surface area contributed by atoms with Gasteiger partial charge >= 0.3 is 0 Å². The van der Waals surface area contributed by atoms with Gasteiger partial charge in [-0.2, -0.15) is 0 Å². The molecule has 0 saturated heterocycles. The van der Waals surface area contributed by atoms with Crippen LogP contribution in [-0.2, 0) is 26.2 Å². The van der Waals surface area contributed by atoms with Gasteiger partial charge in [0.1, 0.15) is 12.6 Å². The lowest BCUT2D eigenvalue weighted by molar-refractivity contribution is -0.140. The lowest BCUT2D eigenvalue weighted by atomic mass is 9.95. The van der Waals surface area contributed by atoms with Gasteiger partial charge in [-0.1, -0.05) is 73.7 Å². The Labute approximate surface area is 226 Å². The number of hydrogen-bond acceptors (Lipinski definition) is 4. The second-order valence-electron chi connectivity index (χ2n) is 9.98. The molecule has 7 nitrogen and oxygen atoms in total. The van der Waals surface area contributed by atoms with Crippen molar-refractivity contribution in [3.63, 3.8) is 0 Å². The Kier molecular flexibility index (Phi) is 10.0. The molecule has 0 aromatic heterocycles. The van der Waals surface area contributed by atoms with Gasteiger partial charge in [-0.25, -0.2) is 8.42 Å². The number of carbonyl (C=O) groups is 2. The largest absolute Gasteiger partial charge is 0.352 e. The van der Waals surface area contributed by atoms with Crippen LogP contribution in [0.4, 0.5) is 5.69 Å². The molecule has 0 aliphatic heterocycles. The molecule has 1 aliphatic carbocycles. The number of hydrogen-bond donors (Lipinski definition) is 1. The number of rotatable bonds is 10. The molecule has 1 N–H and O–H groups in total. The van der Waals surface area contributed by atoms with E-state index in [9.17, 15) is 18.0 Å². The van der Waals surface area contributed by atoms with Gasteiger partial charge in [0, 0.05) is 17.6 Å². The second kappa shape index (κ2) is 12.8. The highest BCUT2D eigenvalue weighted by molar-refractivity contribution is 7.92. The van der Waals surface area contributed by atoms with Gasteiger partial charge in [-0.3, -0.25) is 13.9 Å². The Balaban J connectivity index is 1.92. The fraction of sp³-hybridized carbons (Fsp3) is 0.500. The van der Waals surface area contributed by atoms with Crippen LogP contribution in [0.2, 0.25) is 5.02 Å². The van der Waals surface area contributed by atoms with Crippen molar-refractivity contribution in [2.24, 2.45) is 0 Å². The summed E-state index contributed by atoms with van der Waals surface area (Å²) in [5, 5.41) is 3.56. The fourth-order valence-corrected chi connectivity index (χ4v) is 5.72. The molecule has 1 aliphatic rings. The summed E-state index contributed by atoms with van der Waals surface area (Å²) in [6.45, 7) is 5.44. The molecular formula is C28H38ClN3O4S. The molecule has 0 radical (unpaired) electrons. The van der Waals surface area contributed by atoms with Gasteiger partial charge in [-0.05, 0) is 56.4 Å². The van der Waals surface area contributed by atoms with Crippen molar-refractivity contribution in [3.8, 4) is 0 Å².